The van der Waals surface area contributed by atoms with Crippen LogP contribution in [0.25, 0.3) is 0 Å². The molecule has 0 radical (unpaired) electrons. The number of rotatable bonds is 12. The third kappa shape index (κ3) is 8.43. The number of aromatic carboxylic acids is 1. The van der Waals surface area contributed by atoms with E-state index >= 15 is 0 Å². The number of carboxylic acid groups (broad SMARTS) is 1. The third-order valence-corrected chi connectivity index (χ3v) is 5.61. The molecular weight excluding hydrogens is 334 g/mol. The maximum atomic E-state index is 12.4. The van der Waals surface area contributed by atoms with Gasteiger partial charge in [-0.05, 0) is 36.4 Å². The highest BCUT2D eigenvalue weighted by Crippen LogP contribution is 2.18. The fourth-order valence-corrected chi connectivity index (χ4v) is 3.57. The highest BCUT2D eigenvalue weighted by atomic mass is 32.2. The van der Waals surface area contributed by atoms with Crippen molar-refractivity contribution >= 4 is 23.9 Å². The van der Waals surface area contributed by atoms with Gasteiger partial charge >= 0.3 is 5.97 Å². The van der Waals surface area contributed by atoms with Gasteiger partial charge in [0.05, 0.1) is 11.3 Å². The lowest BCUT2D eigenvalue weighted by Gasteiger charge is -2.23. The predicted molar refractivity (Wildman–Crippen MR) is 107 cm³/mol. The molecule has 0 aliphatic heterocycles. The average molecular weight is 366 g/mol. The van der Waals surface area contributed by atoms with Crippen molar-refractivity contribution in [2.45, 2.75) is 64.8 Å². The maximum absolute atomic E-state index is 12.4. The Morgan fingerprint density at radius 1 is 1.16 bits per heavy atom. The van der Waals surface area contributed by atoms with Crippen LogP contribution in [0.2, 0.25) is 0 Å². The predicted octanol–water partition coefficient (Wildman–Crippen LogP) is 5.19. The van der Waals surface area contributed by atoms with Gasteiger partial charge in [-0.1, -0.05) is 39.0 Å². The van der Waals surface area contributed by atoms with Gasteiger partial charge in [0.15, 0.2) is 11.8 Å². The molecule has 5 heteroatoms. The Kier molecular flexibility index (Phi) is 9.65. The number of carbonyl (C=O) groups is 1. The quantitative estimate of drug-likeness (QED) is 0.182. The van der Waals surface area contributed by atoms with Crippen LogP contribution in [-0.2, 0) is 0 Å². The second kappa shape index (κ2) is 11.2. The van der Waals surface area contributed by atoms with E-state index in [1.54, 1.807) is 12.1 Å². The maximum Gasteiger partial charge on any atom is 0.335 e. The summed E-state index contributed by atoms with van der Waals surface area (Å²) in [4.78, 5) is 10.9. The van der Waals surface area contributed by atoms with Crippen molar-refractivity contribution < 1.29 is 14.6 Å². The largest absolute Gasteiger partial charge is 0.623 e. The Bertz CT molecular complexity index is 553. The van der Waals surface area contributed by atoms with Gasteiger partial charge in [0.25, 0.3) is 0 Å². The van der Waals surface area contributed by atoms with Crippen molar-refractivity contribution in [3.8, 4) is 0 Å². The van der Waals surface area contributed by atoms with E-state index in [-0.39, 0.29) is 5.56 Å². The number of thioether (sulfide) groups is 1. The summed E-state index contributed by atoms with van der Waals surface area (Å²) >= 11 is 1.83. The Hall–Kier alpha value is -1.49. The molecule has 1 N–H and O–H groups in total. The van der Waals surface area contributed by atoms with Crippen molar-refractivity contribution in [3.05, 3.63) is 40.6 Å². The molecule has 25 heavy (non-hydrogen) atoms. The van der Waals surface area contributed by atoms with Crippen LogP contribution in [0.4, 0.5) is 0 Å². The van der Waals surface area contributed by atoms with Crippen molar-refractivity contribution in [2.75, 3.05) is 11.5 Å². The van der Waals surface area contributed by atoms with E-state index in [9.17, 15) is 10.0 Å². The lowest BCUT2D eigenvalue weighted by molar-refractivity contribution is -0.528. The lowest BCUT2D eigenvalue weighted by Crippen LogP contribution is -2.36. The SMILES string of the molecule is CCCCCCCCSCC(C)(C)/[N+]([O-])=C/c1ccc(C(=O)O)cc1. The van der Waals surface area contributed by atoms with Gasteiger partial charge in [0.2, 0.25) is 0 Å². The summed E-state index contributed by atoms with van der Waals surface area (Å²) in [7, 11) is 0. The first-order valence-corrected chi connectivity index (χ1v) is 10.2. The minimum atomic E-state index is -0.961. The Balaban J connectivity index is 2.41. The van der Waals surface area contributed by atoms with E-state index in [1.165, 1.54) is 56.9 Å². The molecule has 0 fully saturated rings. The molecule has 0 aromatic heterocycles. The number of benzene rings is 1. The highest BCUT2D eigenvalue weighted by Gasteiger charge is 2.26. The zero-order valence-corrected chi connectivity index (χ0v) is 16.5. The molecule has 0 atom stereocenters. The van der Waals surface area contributed by atoms with E-state index in [0.717, 1.165) is 16.2 Å². The number of carboxylic acids is 1. The zero-order chi connectivity index (χ0) is 18.7. The minimum Gasteiger partial charge on any atom is -0.623 e. The molecular formula is C20H31NO3S. The molecule has 1 aromatic rings. The Morgan fingerprint density at radius 2 is 1.76 bits per heavy atom. The molecule has 0 spiro atoms. The fourth-order valence-electron chi connectivity index (χ4n) is 2.39. The highest BCUT2D eigenvalue weighted by molar-refractivity contribution is 7.99. The first-order chi connectivity index (χ1) is 11.9. The van der Waals surface area contributed by atoms with Gasteiger partial charge < -0.3 is 10.3 Å². The van der Waals surface area contributed by atoms with E-state index in [4.69, 9.17) is 5.11 Å². The minimum absolute atomic E-state index is 0.225. The van der Waals surface area contributed by atoms with Crippen LogP contribution in [0.3, 0.4) is 0 Å². The molecule has 0 aliphatic rings. The summed E-state index contributed by atoms with van der Waals surface area (Å²) < 4.78 is 0.983. The van der Waals surface area contributed by atoms with Gasteiger partial charge in [-0.2, -0.15) is 11.8 Å². The van der Waals surface area contributed by atoms with Crippen LogP contribution in [0.15, 0.2) is 24.3 Å². The van der Waals surface area contributed by atoms with Crippen LogP contribution in [0, 0.1) is 5.21 Å². The van der Waals surface area contributed by atoms with E-state index < -0.39 is 11.5 Å². The van der Waals surface area contributed by atoms with Gasteiger partial charge in [-0.15, -0.1) is 0 Å². The van der Waals surface area contributed by atoms with Crippen LogP contribution in [0.1, 0.15) is 75.2 Å². The summed E-state index contributed by atoms with van der Waals surface area (Å²) in [5, 5.41) is 21.3. The normalized spacial score (nSPS) is 12.4. The summed E-state index contributed by atoms with van der Waals surface area (Å²) in [6, 6.07) is 6.35. The number of unbranched alkanes of at least 4 members (excludes halogenated alkanes) is 5. The molecule has 0 bridgehead atoms. The standard InChI is InChI=1S/C20H31NO3S/c1-4-5-6-7-8-9-14-25-16-20(2,3)21(24)15-17-10-12-18(13-11-17)19(22)23/h10-13,15H,4-9,14,16H2,1-3H3,(H,22,23)/b21-15-. The molecule has 0 amide bonds. The molecule has 4 nitrogen and oxygen atoms in total. The molecule has 1 aromatic carbocycles. The second-order valence-corrected chi connectivity index (χ2v) is 8.12. The Morgan fingerprint density at radius 3 is 2.36 bits per heavy atom. The summed E-state index contributed by atoms with van der Waals surface area (Å²) in [5.41, 5.74) is 0.454. The molecule has 0 unspecified atom stereocenters. The van der Waals surface area contributed by atoms with Gasteiger partial charge in [-0.25, -0.2) is 9.53 Å². The first kappa shape index (κ1) is 21.6. The van der Waals surface area contributed by atoms with E-state index in [1.807, 2.05) is 25.6 Å². The van der Waals surface area contributed by atoms with Crippen LogP contribution in [-0.4, -0.2) is 39.1 Å². The van der Waals surface area contributed by atoms with Crippen LogP contribution >= 0.6 is 11.8 Å². The molecule has 0 saturated carbocycles. The van der Waals surface area contributed by atoms with Crippen LogP contribution < -0.4 is 0 Å². The van der Waals surface area contributed by atoms with E-state index in [2.05, 4.69) is 6.92 Å². The molecule has 140 valence electrons. The second-order valence-electron chi connectivity index (χ2n) is 7.01. The van der Waals surface area contributed by atoms with Gasteiger partial charge in [0, 0.05) is 19.4 Å². The van der Waals surface area contributed by atoms with Crippen molar-refractivity contribution in [3.63, 3.8) is 0 Å². The number of hydroxylamine groups is 1. The monoisotopic (exact) mass is 365 g/mol. The third-order valence-electron chi connectivity index (χ3n) is 4.12. The molecule has 0 saturated heterocycles. The van der Waals surface area contributed by atoms with Crippen molar-refractivity contribution in [1.29, 1.82) is 0 Å². The lowest BCUT2D eigenvalue weighted by atomic mass is 10.1. The number of hydrogen-bond donors (Lipinski definition) is 1. The number of hydrogen-bond acceptors (Lipinski definition) is 3. The van der Waals surface area contributed by atoms with Gasteiger partial charge in [-0.3, -0.25) is 0 Å². The molecule has 1 rings (SSSR count). The topological polar surface area (TPSA) is 63.4 Å². The van der Waals surface area contributed by atoms with Crippen LogP contribution in [0.5, 0.6) is 0 Å². The molecule has 0 heterocycles. The summed E-state index contributed by atoms with van der Waals surface area (Å²) in [6.07, 6.45) is 9.27. The summed E-state index contributed by atoms with van der Waals surface area (Å²) in [6.45, 7) is 6.11. The first-order valence-electron chi connectivity index (χ1n) is 9.09. The smallest absolute Gasteiger partial charge is 0.335 e. The van der Waals surface area contributed by atoms with E-state index in [0.29, 0.717) is 5.56 Å². The van der Waals surface area contributed by atoms with Crippen molar-refractivity contribution in [1.82, 2.24) is 0 Å². The Labute approximate surface area is 155 Å². The average Bonchev–Trinajstić information content (AvgIpc) is 2.57. The fraction of sp³-hybridized carbons (Fsp3) is 0.600. The molecule has 0 aliphatic carbocycles. The number of nitrogens with zero attached hydrogens (tertiary/aromatic N) is 1. The zero-order valence-electron chi connectivity index (χ0n) is 15.7. The van der Waals surface area contributed by atoms with Gasteiger partial charge in [0.1, 0.15) is 0 Å². The van der Waals surface area contributed by atoms with Crippen molar-refractivity contribution in [2.24, 2.45) is 0 Å². The summed E-state index contributed by atoms with van der Waals surface area (Å²) in [5.74, 6) is 0.906.